The zero-order valence-corrected chi connectivity index (χ0v) is 9.86. The molecule has 2 rings (SSSR count). The molecule has 1 N–H and O–H groups in total. The molecular formula is C11H11BrN2O. The van der Waals surface area contributed by atoms with Crippen molar-refractivity contribution in [1.29, 1.82) is 0 Å². The van der Waals surface area contributed by atoms with Gasteiger partial charge in [0.2, 0.25) is 0 Å². The summed E-state index contributed by atoms with van der Waals surface area (Å²) in [6, 6.07) is 5.88. The molecule has 1 unspecified atom stereocenters. The molecule has 0 saturated carbocycles. The first-order chi connectivity index (χ1) is 7.33. The first kappa shape index (κ1) is 10.4. The van der Waals surface area contributed by atoms with Crippen LogP contribution in [-0.4, -0.2) is 12.0 Å². The summed E-state index contributed by atoms with van der Waals surface area (Å²) in [7, 11) is 1.90. The topological polar surface area (TPSA) is 38.1 Å². The molecule has 15 heavy (non-hydrogen) atoms. The first-order valence-corrected chi connectivity index (χ1v) is 5.42. The molecule has 2 aromatic rings. The van der Waals surface area contributed by atoms with Gasteiger partial charge in [-0.1, -0.05) is 0 Å². The van der Waals surface area contributed by atoms with Crippen LogP contribution in [0.15, 0.2) is 45.7 Å². The Morgan fingerprint density at radius 1 is 1.33 bits per heavy atom. The third kappa shape index (κ3) is 2.11. The van der Waals surface area contributed by atoms with Gasteiger partial charge in [-0.2, -0.15) is 0 Å². The molecule has 0 aliphatic carbocycles. The Balaban J connectivity index is 2.37. The van der Waals surface area contributed by atoms with Gasteiger partial charge in [-0.25, -0.2) is 0 Å². The van der Waals surface area contributed by atoms with E-state index in [0.29, 0.717) is 0 Å². The maximum atomic E-state index is 5.44. The minimum Gasteiger partial charge on any atom is -0.466 e. The molecule has 0 saturated heterocycles. The van der Waals surface area contributed by atoms with E-state index in [-0.39, 0.29) is 6.04 Å². The number of nitrogens with one attached hydrogen (secondary N) is 1. The molecular weight excluding hydrogens is 256 g/mol. The van der Waals surface area contributed by atoms with Crippen molar-refractivity contribution in [2.75, 3.05) is 7.05 Å². The number of pyridine rings is 1. The Hall–Kier alpha value is -1.13. The molecule has 2 heterocycles. The van der Waals surface area contributed by atoms with E-state index in [4.69, 9.17) is 4.42 Å². The summed E-state index contributed by atoms with van der Waals surface area (Å²) in [5.41, 5.74) is 1.13. The molecule has 3 nitrogen and oxygen atoms in total. The quantitative estimate of drug-likeness (QED) is 0.929. The van der Waals surface area contributed by atoms with Crippen molar-refractivity contribution in [2.24, 2.45) is 0 Å². The standard InChI is InChI=1S/C11H11BrN2O/c1-13-10(8-2-5-14-6-3-8)11-9(12)4-7-15-11/h2-7,10,13H,1H3. The fraction of sp³-hybridized carbons (Fsp3) is 0.182. The van der Waals surface area contributed by atoms with Crippen molar-refractivity contribution in [3.8, 4) is 0 Å². The number of halogens is 1. The molecule has 0 aliphatic rings. The number of rotatable bonds is 3. The highest BCUT2D eigenvalue weighted by Crippen LogP contribution is 2.28. The number of nitrogens with zero attached hydrogens (tertiary/aromatic N) is 1. The Morgan fingerprint density at radius 2 is 2.07 bits per heavy atom. The van der Waals surface area contributed by atoms with Crippen LogP contribution in [0.2, 0.25) is 0 Å². The number of furan rings is 1. The van der Waals surface area contributed by atoms with Crippen LogP contribution in [0.3, 0.4) is 0 Å². The van der Waals surface area contributed by atoms with Crippen LogP contribution < -0.4 is 5.32 Å². The average molecular weight is 267 g/mol. The number of aromatic nitrogens is 1. The molecule has 0 radical (unpaired) electrons. The van der Waals surface area contributed by atoms with E-state index in [9.17, 15) is 0 Å². The van der Waals surface area contributed by atoms with Gasteiger partial charge in [0.25, 0.3) is 0 Å². The summed E-state index contributed by atoms with van der Waals surface area (Å²) >= 11 is 3.46. The lowest BCUT2D eigenvalue weighted by Gasteiger charge is -2.14. The zero-order valence-electron chi connectivity index (χ0n) is 8.27. The number of hydrogen-bond acceptors (Lipinski definition) is 3. The third-order valence-electron chi connectivity index (χ3n) is 2.24. The van der Waals surface area contributed by atoms with Gasteiger partial charge in [-0.15, -0.1) is 0 Å². The highest BCUT2D eigenvalue weighted by Gasteiger charge is 2.17. The Morgan fingerprint density at radius 3 is 2.60 bits per heavy atom. The molecule has 4 heteroatoms. The van der Waals surface area contributed by atoms with Crippen molar-refractivity contribution in [2.45, 2.75) is 6.04 Å². The van der Waals surface area contributed by atoms with Crippen molar-refractivity contribution in [3.63, 3.8) is 0 Å². The molecule has 0 amide bonds. The lowest BCUT2D eigenvalue weighted by Crippen LogP contribution is -2.17. The molecule has 0 spiro atoms. The molecule has 0 aliphatic heterocycles. The predicted molar refractivity (Wildman–Crippen MR) is 61.5 cm³/mol. The summed E-state index contributed by atoms with van der Waals surface area (Å²) in [5.74, 6) is 0.878. The summed E-state index contributed by atoms with van der Waals surface area (Å²) < 4.78 is 6.41. The van der Waals surface area contributed by atoms with Crippen LogP contribution in [0.1, 0.15) is 17.4 Å². The Labute approximate surface area is 96.6 Å². The second-order valence-electron chi connectivity index (χ2n) is 3.14. The van der Waals surface area contributed by atoms with Crippen LogP contribution >= 0.6 is 15.9 Å². The summed E-state index contributed by atoms with van der Waals surface area (Å²) in [5, 5.41) is 3.21. The fourth-order valence-electron chi connectivity index (χ4n) is 1.52. The lowest BCUT2D eigenvalue weighted by atomic mass is 10.1. The predicted octanol–water partition coefficient (Wildman–Crippen LogP) is 2.75. The van der Waals surface area contributed by atoms with Gasteiger partial charge in [-0.05, 0) is 46.7 Å². The highest BCUT2D eigenvalue weighted by atomic mass is 79.9. The van der Waals surface area contributed by atoms with E-state index < -0.39 is 0 Å². The van der Waals surface area contributed by atoms with Crippen molar-refractivity contribution >= 4 is 15.9 Å². The molecule has 0 aromatic carbocycles. The van der Waals surface area contributed by atoms with Crippen molar-refractivity contribution in [3.05, 3.63) is 52.7 Å². The zero-order chi connectivity index (χ0) is 10.7. The SMILES string of the molecule is CNC(c1ccncc1)c1occc1Br. The maximum absolute atomic E-state index is 5.44. The van der Waals surface area contributed by atoms with E-state index in [1.165, 1.54) is 0 Å². The lowest BCUT2D eigenvalue weighted by molar-refractivity contribution is 0.461. The van der Waals surface area contributed by atoms with Crippen LogP contribution in [0, 0.1) is 0 Å². The molecule has 1 atom stereocenters. The van der Waals surface area contributed by atoms with Crippen LogP contribution in [-0.2, 0) is 0 Å². The van der Waals surface area contributed by atoms with Gasteiger partial charge in [0.15, 0.2) is 0 Å². The van der Waals surface area contributed by atoms with Crippen molar-refractivity contribution in [1.82, 2.24) is 10.3 Å². The first-order valence-electron chi connectivity index (χ1n) is 4.63. The van der Waals surface area contributed by atoms with E-state index in [0.717, 1.165) is 15.8 Å². The normalized spacial score (nSPS) is 12.7. The van der Waals surface area contributed by atoms with Crippen LogP contribution in [0.4, 0.5) is 0 Å². The minimum absolute atomic E-state index is 0.0531. The van der Waals surface area contributed by atoms with E-state index in [1.54, 1.807) is 18.7 Å². The Kier molecular flexibility index (Phi) is 3.18. The molecule has 0 fully saturated rings. The monoisotopic (exact) mass is 266 g/mol. The van der Waals surface area contributed by atoms with Gasteiger partial charge in [0.1, 0.15) is 5.76 Å². The van der Waals surface area contributed by atoms with Crippen LogP contribution in [0.5, 0.6) is 0 Å². The smallest absolute Gasteiger partial charge is 0.139 e. The van der Waals surface area contributed by atoms with E-state index in [1.807, 2.05) is 25.2 Å². The second kappa shape index (κ2) is 4.59. The van der Waals surface area contributed by atoms with Crippen LogP contribution in [0.25, 0.3) is 0 Å². The van der Waals surface area contributed by atoms with E-state index in [2.05, 4.69) is 26.2 Å². The maximum Gasteiger partial charge on any atom is 0.139 e. The van der Waals surface area contributed by atoms with E-state index >= 15 is 0 Å². The highest BCUT2D eigenvalue weighted by molar-refractivity contribution is 9.10. The second-order valence-corrected chi connectivity index (χ2v) is 3.99. The largest absolute Gasteiger partial charge is 0.466 e. The Bertz CT molecular complexity index is 427. The van der Waals surface area contributed by atoms with Gasteiger partial charge < -0.3 is 9.73 Å². The minimum atomic E-state index is 0.0531. The summed E-state index contributed by atoms with van der Waals surface area (Å²) in [6.07, 6.45) is 5.22. The number of hydrogen-bond donors (Lipinski definition) is 1. The fourth-order valence-corrected chi connectivity index (χ4v) is 1.95. The summed E-state index contributed by atoms with van der Waals surface area (Å²) in [4.78, 5) is 4.00. The van der Waals surface area contributed by atoms with Crippen molar-refractivity contribution < 1.29 is 4.42 Å². The molecule has 0 bridgehead atoms. The summed E-state index contributed by atoms with van der Waals surface area (Å²) in [6.45, 7) is 0. The van der Waals surface area contributed by atoms with Gasteiger partial charge >= 0.3 is 0 Å². The van der Waals surface area contributed by atoms with Gasteiger partial charge in [0, 0.05) is 12.4 Å². The third-order valence-corrected chi connectivity index (χ3v) is 2.89. The average Bonchev–Trinajstić information content (AvgIpc) is 2.68. The van der Waals surface area contributed by atoms with Gasteiger partial charge in [-0.3, -0.25) is 4.98 Å². The van der Waals surface area contributed by atoms with Gasteiger partial charge in [0.05, 0.1) is 16.8 Å². The molecule has 78 valence electrons. The molecule has 2 aromatic heterocycles.